The molecule has 0 aliphatic carbocycles. The Balaban J connectivity index is 2.07. The summed E-state index contributed by atoms with van der Waals surface area (Å²) in [5.74, 6) is 1.54. The molecule has 0 aliphatic rings. The van der Waals surface area contributed by atoms with Gasteiger partial charge < -0.3 is 4.42 Å². The summed E-state index contributed by atoms with van der Waals surface area (Å²) in [6.07, 6.45) is 3.14. The minimum Gasteiger partial charge on any atom is -0.453 e. The number of likely N-dealkylation sites (N-methyl/N-ethyl adjacent to an activating group) is 1. The Labute approximate surface area is 124 Å². The van der Waals surface area contributed by atoms with Crippen LogP contribution in [0.5, 0.6) is 0 Å². The lowest BCUT2D eigenvalue weighted by molar-refractivity contribution is 0.0899. The average Bonchev–Trinajstić information content (AvgIpc) is 2.88. The van der Waals surface area contributed by atoms with Crippen molar-refractivity contribution in [3.05, 3.63) is 36.1 Å². The number of ketones is 1. The Kier molecular flexibility index (Phi) is 5.26. The van der Waals surface area contributed by atoms with E-state index in [9.17, 15) is 4.79 Å². The van der Waals surface area contributed by atoms with Gasteiger partial charge in [0.25, 0.3) is 0 Å². The Morgan fingerprint density at radius 1 is 1.40 bits per heavy atom. The molecular formula is C16H21NO2S. The van der Waals surface area contributed by atoms with Gasteiger partial charge >= 0.3 is 0 Å². The van der Waals surface area contributed by atoms with E-state index in [4.69, 9.17) is 4.42 Å². The molecule has 0 saturated heterocycles. The van der Waals surface area contributed by atoms with Gasteiger partial charge in [-0.15, -0.1) is 0 Å². The lowest BCUT2D eigenvalue weighted by Crippen LogP contribution is -2.37. The highest BCUT2D eigenvalue weighted by Crippen LogP contribution is 2.19. The van der Waals surface area contributed by atoms with Gasteiger partial charge in [0.1, 0.15) is 5.58 Å². The van der Waals surface area contributed by atoms with Crippen molar-refractivity contribution in [1.82, 2.24) is 4.90 Å². The summed E-state index contributed by atoms with van der Waals surface area (Å²) < 4.78 is 5.62. The molecule has 0 saturated carbocycles. The van der Waals surface area contributed by atoms with Gasteiger partial charge in [-0.1, -0.05) is 25.1 Å². The van der Waals surface area contributed by atoms with Crippen LogP contribution in [-0.2, 0) is 0 Å². The lowest BCUT2D eigenvalue weighted by Gasteiger charge is -2.25. The first-order valence-corrected chi connectivity index (χ1v) is 8.26. The van der Waals surface area contributed by atoms with E-state index >= 15 is 0 Å². The van der Waals surface area contributed by atoms with Crippen molar-refractivity contribution >= 4 is 28.5 Å². The maximum Gasteiger partial charge on any atom is 0.211 e. The summed E-state index contributed by atoms with van der Waals surface area (Å²) in [6, 6.07) is 9.97. The summed E-state index contributed by atoms with van der Waals surface area (Å²) in [7, 11) is 2.00. The van der Waals surface area contributed by atoms with E-state index in [1.807, 2.05) is 49.1 Å². The lowest BCUT2D eigenvalue weighted by atomic mass is 10.2. The minimum absolute atomic E-state index is 0.0447. The van der Waals surface area contributed by atoms with E-state index in [-0.39, 0.29) is 5.78 Å². The Hall–Kier alpha value is -1.26. The third-order valence-electron chi connectivity index (χ3n) is 3.55. The summed E-state index contributed by atoms with van der Waals surface area (Å²) in [5.41, 5.74) is 0.773. The molecule has 1 atom stereocenters. The first kappa shape index (κ1) is 15.1. The summed E-state index contributed by atoms with van der Waals surface area (Å²) in [5, 5.41) is 0.981. The number of fused-ring (bicyclic) bond motifs is 1. The molecule has 4 heteroatoms. The van der Waals surface area contributed by atoms with Crippen LogP contribution in [0.15, 0.2) is 34.7 Å². The molecule has 0 bridgehead atoms. The van der Waals surface area contributed by atoms with Crippen LogP contribution < -0.4 is 0 Å². The van der Waals surface area contributed by atoms with Crippen molar-refractivity contribution in [1.29, 1.82) is 0 Å². The van der Waals surface area contributed by atoms with Crippen LogP contribution in [0, 0.1) is 0 Å². The number of hydrogen-bond donors (Lipinski definition) is 0. The zero-order valence-electron chi connectivity index (χ0n) is 12.3. The predicted molar refractivity (Wildman–Crippen MR) is 85.6 cm³/mol. The van der Waals surface area contributed by atoms with Crippen LogP contribution in [0.25, 0.3) is 11.0 Å². The number of furan rings is 1. The highest BCUT2D eigenvalue weighted by molar-refractivity contribution is 7.98. The second kappa shape index (κ2) is 6.95. The van der Waals surface area contributed by atoms with Crippen LogP contribution in [-0.4, -0.2) is 42.3 Å². The highest BCUT2D eigenvalue weighted by Gasteiger charge is 2.18. The number of carbonyl (C=O) groups excluding carboxylic acids is 1. The number of benzene rings is 1. The van der Waals surface area contributed by atoms with E-state index in [0.29, 0.717) is 18.3 Å². The fraction of sp³-hybridized carbons (Fsp3) is 0.438. The van der Waals surface area contributed by atoms with Crippen LogP contribution >= 0.6 is 11.8 Å². The molecule has 2 aromatic rings. The van der Waals surface area contributed by atoms with Gasteiger partial charge in [0.15, 0.2) is 5.76 Å². The monoisotopic (exact) mass is 291 g/mol. The van der Waals surface area contributed by atoms with Gasteiger partial charge in [-0.2, -0.15) is 11.8 Å². The van der Waals surface area contributed by atoms with Gasteiger partial charge in [-0.25, -0.2) is 0 Å². The number of nitrogens with zero attached hydrogens (tertiary/aromatic N) is 1. The number of carbonyl (C=O) groups is 1. The Morgan fingerprint density at radius 3 is 2.80 bits per heavy atom. The highest BCUT2D eigenvalue weighted by atomic mass is 32.2. The van der Waals surface area contributed by atoms with Crippen LogP contribution in [0.4, 0.5) is 0 Å². The zero-order valence-corrected chi connectivity index (χ0v) is 13.1. The van der Waals surface area contributed by atoms with Gasteiger partial charge in [0.2, 0.25) is 5.78 Å². The number of Topliss-reactive ketones (excluding diaryl/α,β-unsaturated/α-hetero) is 1. The van der Waals surface area contributed by atoms with E-state index in [1.165, 1.54) is 0 Å². The van der Waals surface area contributed by atoms with Gasteiger partial charge in [-0.05, 0) is 31.9 Å². The molecule has 1 aromatic heterocycles. The molecule has 1 unspecified atom stereocenters. The maximum atomic E-state index is 12.3. The van der Waals surface area contributed by atoms with Crippen LogP contribution in [0.2, 0.25) is 0 Å². The van der Waals surface area contributed by atoms with Crippen molar-refractivity contribution in [3.63, 3.8) is 0 Å². The quantitative estimate of drug-likeness (QED) is 0.729. The number of hydrogen-bond acceptors (Lipinski definition) is 4. The van der Waals surface area contributed by atoms with Crippen LogP contribution in [0.3, 0.4) is 0 Å². The predicted octanol–water partition coefficient (Wildman–Crippen LogP) is 3.69. The van der Waals surface area contributed by atoms with E-state index in [1.54, 1.807) is 0 Å². The van der Waals surface area contributed by atoms with Gasteiger partial charge in [-0.3, -0.25) is 9.69 Å². The molecular weight excluding hydrogens is 270 g/mol. The fourth-order valence-corrected chi connectivity index (χ4v) is 3.18. The molecule has 0 fully saturated rings. The first-order valence-electron chi connectivity index (χ1n) is 6.86. The molecule has 0 spiro atoms. The standard InChI is InChI=1S/C16H21NO2S/c1-4-13(11-20-3)17(2)10-14(18)16-9-12-7-5-6-8-15(12)19-16/h5-9,13H,4,10-11H2,1-3H3. The number of rotatable bonds is 7. The second-order valence-corrected chi connectivity index (χ2v) is 5.91. The zero-order chi connectivity index (χ0) is 14.5. The Morgan fingerprint density at radius 2 is 2.15 bits per heavy atom. The number of para-hydroxylation sites is 1. The largest absolute Gasteiger partial charge is 0.453 e. The normalized spacial score (nSPS) is 13.0. The van der Waals surface area contributed by atoms with Crippen molar-refractivity contribution in [2.24, 2.45) is 0 Å². The fourth-order valence-electron chi connectivity index (χ4n) is 2.30. The molecule has 2 rings (SSSR count). The van der Waals surface area contributed by atoms with Gasteiger partial charge in [0.05, 0.1) is 6.54 Å². The average molecular weight is 291 g/mol. The van der Waals surface area contributed by atoms with Crippen molar-refractivity contribution in [3.8, 4) is 0 Å². The van der Waals surface area contributed by atoms with Crippen molar-refractivity contribution in [2.45, 2.75) is 19.4 Å². The molecule has 0 aliphatic heterocycles. The molecule has 0 N–H and O–H groups in total. The third kappa shape index (κ3) is 3.44. The molecule has 1 aromatic carbocycles. The SMILES string of the molecule is CCC(CSC)N(C)CC(=O)c1cc2ccccc2o1. The molecule has 0 radical (unpaired) electrons. The molecule has 3 nitrogen and oxygen atoms in total. The first-order chi connectivity index (χ1) is 9.65. The third-order valence-corrected chi connectivity index (χ3v) is 4.27. The van der Waals surface area contributed by atoms with E-state index in [0.717, 1.165) is 23.1 Å². The van der Waals surface area contributed by atoms with Gasteiger partial charge in [0, 0.05) is 17.2 Å². The molecule has 0 amide bonds. The van der Waals surface area contributed by atoms with E-state index in [2.05, 4.69) is 18.1 Å². The van der Waals surface area contributed by atoms with Crippen LogP contribution in [0.1, 0.15) is 23.9 Å². The number of thioether (sulfide) groups is 1. The summed E-state index contributed by atoms with van der Waals surface area (Å²) in [4.78, 5) is 14.4. The maximum absolute atomic E-state index is 12.3. The minimum atomic E-state index is 0.0447. The molecule has 108 valence electrons. The molecule has 20 heavy (non-hydrogen) atoms. The van der Waals surface area contributed by atoms with E-state index < -0.39 is 0 Å². The second-order valence-electron chi connectivity index (χ2n) is 5.00. The summed E-state index contributed by atoms with van der Waals surface area (Å²) >= 11 is 1.81. The van der Waals surface area contributed by atoms with Crippen molar-refractivity contribution < 1.29 is 9.21 Å². The van der Waals surface area contributed by atoms with Crippen molar-refractivity contribution in [2.75, 3.05) is 25.6 Å². The smallest absolute Gasteiger partial charge is 0.211 e. The molecule has 1 heterocycles. The Bertz CT molecular complexity index is 546. The summed E-state index contributed by atoms with van der Waals surface area (Å²) in [6.45, 7) is 2.56. The topological polar surface area (TPSA) is 33.5 Å².